The second-order valence-corrected chi connectivity index (χ2v) is 5.29. The summed E-state index contributed by atoms with van der Waals surface area (Å²) in [7, 11) is 0. The number of fused-ring (bicyclic) bond motifs is 2. The lowest BCUT2D eigenvalue weighted by Crippen LogP contribution is -2.19. The molecule has 0 radical (unpaired) electrons. The maximum atomic E-state index is 13.5. The maximum Gasteiger partial charge on any atom is 0.256 e. The number of nitrogens with one attached hydrogen (secondary N) is 1. The highest BCUT2D eigenvalue weighted by Crippen LogP contribution is 2.29. The standard InChI is InChI=1S/C15H12FN5O/c1-8-19-13-6-21(5-11(13)15(22)20-8)14-10-4-9(16)2-3-12(10)17-7-18-14/h2-4,7H,5-6H2,1H3,(H,19,20,22). The third-order valence-corrected chi connectivity index (χ3v) is 3.79. The molecule has 0 saturated carbocycles. The molecule has 0 bridgehead atoms. The number of hydrogen-bond acceptors (Lipinski definition) is 5. The normalized spacial score (nSPS) is 13.6. The lowest BCUT2D eigenvalue weighted by molar-refractivity contribution is 0.629. The van der Waals surface area contributed by atoms with Crippen LogP contribution in [-0.2, 0) is 13.1 Å². The number of anilines is 1. The van der Waals surface area contributed by atoms with Gasteiger partial charge in [-0.25, -0.2) is 19.3 Å². The number of rotatable bonds is 1. The molecule has 22 heavy (non-hydrogen) atoms. The summed E-state index contributed by atoms with van der Waals surface area (Å²) in [6.07, 6.45) is 1.45. The predicted molar refractivity (Wildman–Crippen MR) is 79.0 cm³/mol. The van der Waals surface area contributed by atoms with Gasteiger partial charge in [-0.2, -0.15) is 0 Å². The maximum absolute atomic E-state index is 13.5. The van der Waals surface area contributed by atoms with E-state index in [1.54, 1.807) is 13.0 Å². The first-order chi connectivity index (χ1) is 10.6. The van der Waals surface area contributed by atoms with E-state index in [4.69, 9.17) is 0 Å². The zero-order valence-electron chi connectivity index (χ0n) is 11.8. The van der Waals surface area contributed by atoms with Crippen LogP contribution in [-0.4, -0.2) is 19.9 Å². The van der Waals surface area contributed by atoms with Crippen molar-refractivity contribution in [2.45, 2.75) is 20.0 Å². The highest BCUT2D eigenvalue weighted by atomic mass is 19.1. The van der Waals surface area contributed by atoms with Gasteiger partial charge in [0.25, 0.3) is 5.56 Å². The second-order valence-electron chi connectivity index (χ2n) is 5.29. The van der Waals surface area contributed by atoms with Crippen molar-refractivity contribution in [3.8, 4) is 0 Å². The van der Waals surface area contributed by atoms with E-state index in [2.05, 4.69) is 19.9 Å². The van der Waals surface area contributed by atoms with Gasteiger partial charge < -0.3 is 9.88 Å². The lowest BCUT2D eigenvalue weighted by atomic mass is 10.2. The minimum Gasteiger partial charge on any atom is -0.345 e. The van der Waals surface area contributed by atoms with Crippen molar-refractivity contribution in [1.29, 1.82) is 0 Å². The van der Waals surface area contributed by atoms with Crippen LogP contribution >= 0.6 is 0 Å². The summed E-state index contributed by atoms with van der Waals surface area (Å²) in [6.45, 7) is 2.63. The molecule has 3 heterocycles. The number of aryl methyl sites for hydroxylation is 1. The molecule has 0 fully saturated rings. The van der Waals surface area contributed by atoms with E-state index in [0.29, 0.717) is 41.2 Å². The summed E-state index contributed by atoms with van der Waals surface area (Å²) in [5.41, 5.74) is 1.91. The average molecular weight is 297 g/mol. The molecule has 0 saturated heterocycles. The molecule has 6 nitrogen and oxygen atoms in total. The summed E-state index contributed by atoms with van der Waals surface area (Å²) in [5, 5.41) is 0.628. The van der Waals surface area contributed by atoms with Gasteiger partial charge >= 0.3 is 0 Å². The second kappa shape index (κ2) is 4.59. The van der Waals surface area contributed by atoms with Gasteiger partial charge in [-0.1, -0.05) is 0 Å². The number of nitrogens with zero attached hydrogens (tertiary/aromatic N) is 4. The van der Waals surface area contributed by atoms with Crippen LogP contribution in [0.25, 0.3) is 10.9 Å². The Morgan fingerprint density at radius 3 is 3.00 bits per heavy atom. The summed E-state index contributed by atoms with van der Waals surface area (Å²) >= 11 is 0. The number of benzene rings is 1. The summed E-state index contributed by atoms with van der Waals surface area (Å²) in [4.78, 5) is 29.4. The number of H-pyrrole nitrogens is 1. The van der Waals surface area contributed by atoms with Crippen molar-refractivity contribution < 1.29 is 4.39 Å². The Bertz CT molecular complexity index is 952. The first kappa shape index (κ1) is 12.9. The minimum absolute atomic E-state index is 0.130. The van der Waals surface area contributed by atoms with Crippen LogP contribution in [0.3, 0.4) is 0 Å². The molecule has 3 aromatic rings. The number of aromatic amines is 1. The molecule has 1 aliphatic heterocycles. The average Bonchev–Trinajstić information content (AvgIpc) is 2.90. The Balaban J connectivity index is 1.83. The summed E-state index contributed by atoms with van der Waals surface area (Å²) < 4.78 is 13.5. The molecule has 4 rings (SSSR count). The molecule has 7 heteroatoms. The van der Waals surface area contributed by atoms with Gasteiger partial charge in [0, 0.05) is 5.39 Å². The quantitative estimate of drug-likeness (QED) is 0.739. The lowest BCUT2D eigenvalue weighted by Gasteiger charge is -2.17. The predicted octanol–water partition coefficient (Wildman–Crippen LogP) is 1.68. The van der Waals surface area contributed by atoms with Crippen molar-refractivity contribution >= 4 is 16.7 Å². The van der Waals surface area contributed by atoms with Gasteiger partial charge in [0.05, 0.1) is 29.9 Å². The zero-order chi connectivity index (χ0) is 15.3. The third kappa shape index (κ3) is 1.93. The number of aromatic nitrogens is 4. The zero-order valence-corrected chi connectivity index (χ0v) is 11.8. The summed E-state index contributed by atoms with van der Waals surface area (Å²) in [5.74, 6) is 0.857. The van der Waals surface area contributed by atoms with Crippen molar-refractivity contribution in [3.05, 3.63) is 57.8 Å². The van der Waals surface area contributed by atoms with Crippen molar-refractivity contribution in [2.75, 3.05) is 4.90 Å². The van der Waals surface area contributed by atoms with Crippen LogP contribution in [0.1, 0.15) is 17.1 Å². The van der Waals surface area contributed by atoms with E-state index in [0.717, 1.165) is 5.69 Å². The Kier molecular flexibility index (Phi) is 2.69. The van der Waals surface area contributed by atoms with Gasteiger partial charge in [0.2, 0.25) is 0 Å². The molecule has 1 aliphatic rings. The van der Waals surface area contributed by atoms with E-state index < -0.39 is 0 Å². The van der Waals surface area contributed by atoms with E-state index in [1.807, 2.05) is 4.90 Å². The molecular weight excluding hydrogens is 285 g/mol. The molecule has 0 spiro atoms. The van der Waals surface area contributed by atoms with Crippen LogP contribution in [0.15, 0.2) is 29.3 Å². The highest BCUT2D eigenvalue weighted by molar-refractivity contribution is 5.89. The Labute approximate surface area is 124 Å². The van der Waals surface area contributed by atoms with Crippen LogP contribution in [0, 0.1) is 12.7 Å². The number of hydrogen-bond donors (Lipinski definition) is 1. The highest BCUT2D eigenvalue weighted by Gasteiger charge is 2.26. The van der Waals surface area contributed by atoms with Crippen LogP contribution < -0.4 is 10.5 Å². The molecule has 0 aliphatic carbocycles. The molecule has 2 aromatic heterocycles. The van der Waals surface area contributed by atoms with E-state index in [-0.39, 0.29) is 11.4 Å². The van der Waals surface area contributed by atoms with Gasteiger partial charge in [-0.3, -0.25) is 4.79 Å². The molecule has 1 N–H and O–H groups in total. The van der Waals surface area contributed by atoms with E-state index >= 15 is 0 Å². The van der Waals surface area contributed by atoms with Gasteiger partial charge in [-0.05, 0) is 25.1 Å². The number of halogens is 1. The minimum atomic E-state index is -0.341. The largest absolute Gasteiger partial charge is 0.345 e. The molecular formula is C15H12FN5O. The molecule has 1 aromatic carbocycles. The molecule has 0 unspecified atom stereocenters. The Morgan fingerprint density at radius 1 is 1.27 bits per heavy atom. The van der Waals surface area contributed by atoms with Crippen molar-refractivity contribution in [3.63, 3.8) is 0 Å². The SMILES string of the molecule is Cc1nc2c(c(=O)[nH]1)CN(c1ncnc3ccc(F)cc13)C2. The van der Waals surface area contributed by atoms with Gasteiger partial charge in [-0.15, -0.1) is 0 Å². The Morgan fingerprint density at radius 2 is 2.14 bits per heavy atom. The fourth-order valence-electron chi connectivity index (χ4n) is 2.81. The van der Waals surface area contributed by atoms with E-state index in [1.165, 1.54) is 18.5 Å². The molecule has 0 amide bonds. The Hall–Kier alpha value is -2.83. The van der Waals surface area contributed by atoms with Crippen molar-refractivity contribution in [2.24, 2.45) is 0 Å². The smallest absolute Gasteiger partial charge is 0.256 e. The van der Waals surface area contributed by atoms with Crippen LogP contribution in [0.5, 0.6) is 0 Å². The van der Waals surface area contributed by atoms with E-state index in [9.17, 15) is 9.18 Å². The van der Waals surface area contributed by atoms with Gasteiger partial charge in [0.15, 0.2) is 0 Å². The first-order valence-electron chi connectivity index (χ1n) is 6.86. The van der Waals surface area contributed by atoms with Crippen molar-refractivity contribution in [1.82, 2.24) is 19.9 Å². The summed E-state index contributed by atoms with van der Waals surface area (Å²) in [6, 6.07) is 4.40. The fraction of sp³-hybridized carbons (Fsp3) is 0.200. The fourth-order valence-corrected chi connectivity index (χ4v) is 2.81. The first-order valence-corrected chi connectivity index (χ1v) is 6.86. The molecule has 110 valence electrons. The third-order valence-electron chi connectivity index (χ3n) is 3.79. The molecule has 0 atom stereocenters. The monoisotopic (exact) mass is 297 g/mol. The van der Waals surface area contributed by atoms with Crippen LogP contribution in [0.4, 0.5) is 10.2 Å². The van der Waals surface area contributed by atoms with Crippen LogP contribution in [0.2, 0.25) is 0 Å². The van der Waals surface area contributed by atoms with Gasteiger partial charge in [0.1, 0.15) is 23.8 Å². The topological polar surface area (TPSA) is 74.8 Å².